The number of ether oxygens (including phenoxy) is 1. The zero-order chi connectivity index (χ0) is 28.3. The lowest BCUT2D eigenvalue weighted by Crippen LogP contribution is -2.83. The summed E-state index contributed by atoms with van der Waals surface area (Å²) in [5.41, 5.74) is 1.66. The van der Waals surface area contributed by atoms with E-state index < -0.39 is 22.5 Å². The molecule has 0 N–H and O–H groups in total. The monoisotopic (exact) mass is 576 g/mol. The molecule has 2 nitrogen and oxygen atoms in total. The quantitative estimate of drug-likeness (QED) is 0.128. The molecule has 1 aromatic carbocycles. The molecular weight excluding hydrogens is 513 g/mol. The first kappa shape index (κ1) is 33.8. The first-order valence-electron chi connectivity index (χ1n) is 16.3. The maximum absolute atomic E-state index is 7.13. The second-order valence-corrected chi connectivity index (χ2v) is 40.8. The highest BCUT2D eigenvalue weighted by molar-refractivity contribution is 7.68. The van der Waals surface area contributed by atoms with Crippen LogP contribution >= 0.6 is 0 Å². The van der Waals surface area contributed by atoms with Gasteiger partial charge in [0.2, 0.25) is 7.83 Å². The summed E-state index contributed by atoms with van der Waals surface area (Å²) in [5, 5.41) is 0. The van der Waals surface area contributed by atoms with E-state index in [9.17, 15) is 0 Å². The average Bonchev–Trinajstić information content (AvgIpc) is 2.83. The smallest absolute Gasteiger partial charge is 0.216 e. The van der Waals surface area contributed by atoms with Gasteiger partial charge in [0, 0.05) is 13.2 Å². The van der Waals surface area contributed by atoms with Gasteiger partial charge in [0.25, 0.3) is 0 Å². The molecule has 38 heavy (non-hydrogen) atoms. The molecule has 1 aliphatic rings. The summed E-state index contributed by atoms with van der Waals surface area (Å²) in [6.45, 7) is 22.3. The lowest BCUT2D eigenvalue weighted by atomic mass is 10.0. The van der Waals surface area contributed by atoms with E-state index in [1.807, 2.05) is 0 Å². The van der Waals surface area contributed by atoms with Crippen molar-refractivity contribution in [2.45, 2.75) is 174 Å². The van der Waals surface area contributed by atoms with Crippen LogP contribution < -0.4 is 4.74 Å². The van der Waals surface area contributed by atoms with Gasteiger partial charge in [-0.25, -0.2) is 0 Å². The summed E-state index contributed by atoms with van der Waals surface area (Å²) in [6, 6.07) is 10.3. The van der Waals surface area contributed by atoms with E-state index in [4.69, 9.17) is 9.16 Å². The Morgan fingerprint density at radius 3 is 1.84 bits per heavy atom. The number of unbranched alkanes of at least 4 members (excludes halogenated alkanes) is 12. The highest BCUT2D eigenvalue weighted by atomic mass is 29.6. The Morgan fingerprint density at radius 2 is 1.32 bits per heavy atom. The van der Waals surface area contributed by atoms with Gasteiger partial charge >= 0.3 is 0 Å². The van der Waals surface area contributed by atoms with Crippen molar-refractivity contribution in [3.8, 4) is 5.75 Å². The molecule has 1 saturated heterocycles. The Bertz CT molecular complexity index is 807. The number of hydrogen-bond donors (Lipinski definition) is 0. The summed E-state index contributed by atoms with van der Waals surface area (Å²) < 4.78 is 14.0. The number of benzene rings is 1. The minimum absolute atomic E-state index is 0.00785. The van der Waals surface area contributed by atoms with Gasteiger partial charge in [0.15, 0.2) is 0 Å². The molecule has 0 radical (unpaired) electrons. The van der Waals surface area contributed by atoms with Gasteiger partial charge in [-0.15, -0.1) is 0 Å². The molecule has 2 atom stereocenters. The maximum atomic E-state index is 7.13. The van der Waals surface area contributed by atoms with E-state index in [1.54, 1.807) is 0 Å². The van der Waals surface area contributed by atoms with Gasteiger partial charge in [-0.1, -0.05) is 129 Å². The Hall–Kier alpha value is -0.369. The predicted octanol–water partition coefficient (Wildman–Crippen LogP) is 11.0. The van der Waals surface area contributed by atoms with Crippen LogP contribution in [0.15, 0.2) is 24.3 Å². The third kappa shape index (κ3) is 9.62. The molecule has 2 unspecified atom stereocenters. The van der Waals surface area contributed by atoms with Gasteiger partial charge < -0.3 is 9.16 Å². The summed E-state index contributed by atoms with van der Waals surface area (Å²) in [6.07, 6.45) is 20.5. The molecule has 5 heteroatoms. The first-order chi connectivity index (χ1) is 17.9. The molecule has 0 aliphatic carbocycles. The van der Waals surface area contributed by atoms with Crippen molar-refractivity contribution in [2.75, 3.05) is 0 Å². The molecule has 0 bridgehead atoms. The van der Waals surface area contributed by atoms with Gasteiger partial charge in [0.1, 0.15) is 11.5 Å². The molecule has 0 aromatic heterocycles. The minimum atomic E-state index is -2.05. The first-order valence-corrected chi connectivity index (χ1v) is 27.0. The van der Waals surface area contributed by atoms with Crippen LogP contribution in [0, 0.1) is 0 Å². The van der Waals surface area contributed by atoms with Crippen LogP contribution in [0.4, 0.5) is 0 Å². The lowest BCUT2D eigenvalue weighted by Gasteiger charge is -2.60. The summed E-state index contributed by atoms with van der Waals surface area (Å²) in [5.74, 6) is 1.06. The molecule has 1 aliphatic heterocycles. The van der Waals surface area contributed by atoms with Crippen molar-refractivity contribution in [1.82, 2.24) is 0 Å². The van der Waals surface area contributed by atoms with Crippen LogP contribution in [-0.4, -0.2) is 33.9 Å². The van der Waals surface area contributed by atoms with Crippen LogP contribution in [0.3, 0.4) is 0 Å². The Balaban J connectivity index is 1.79. The second-order valence-electron chi connectivity index (χ2n) is 14.3. The van der Waals surface area contributed by atoms with Gasteiger partial charge in [0.05, 0.1) is 7.11 Å². The molecule has 2 rings (SSSR count). The lowest BCUT2D eigenvalue weighted by molar-refractivity contribution is 0.0986. The van der Waals surface area contributed by atoms with E-state index in [0.29, 0.717) is 0 Å². The Kier molecular flexibility index (Phi) is 13.9. The predicted molar refractivity (Wildman–Crippen MR) is 177 cm³/mol. The topological polar surface area (TPSA) is 18.5 Å². The molecule has 220 valence electrons. The third-order valence-corrected chi connectivity index (χ3v) is 50.3. The van der Waals surface area contributed by atoms with Gasteiger partial charge in [-0.2, -0.15) is 0 Å². The molecular formula is C33H64O2Si3. The zero-order valence-corrected chi connectivity index (χ0v) is 30.0. The highest BCUT2D eigenvalue weighted by Crippen LogP contribution is 2.46. The van der Waals surface area contributed by atoms with Crippen molar-refractivity contribution in [2.24, 2.45) is 0 Å². The van der Waals surface area contributed by atoms with E-state index in [-0.39, 0.29) is 11.3 Å². The summed E-state index contributed by atoms with van der Waals surface area (Å²) in [7, 11) is -4.93. The molecule has 0 saturated carbocycles. The van der Waals surface area contributed by atoms with Gasteiger partial charge in [-0.05, 0) is 63.4 Å². The van der Waals surface area contributed by atoms with E-state index in [0.717, 1.165) is 12.2 Å². The van der Waals surface area contributed by atoms with E-state index in [1.165, 1.54) is 101 Å². The number of rotatable bonds is 18. The second kappa shape index (κ2) is 15.6. The van der Waals surface area contributed by atoms with Crippen molar-refractivity contribution in [3.63, 3.8) is 0 Å². The van der Waals surface area contributed by atoms with Crippen LogP contribution in [0.2, 0.25) is 38.8 Å². The molecule has 0 spiro atoms. The van der Waals surface area contributed by atoms with Crippen molar-refractivity contribution in [3.05, 3.63) is 29.8 Å². The summed E-state index contributed by atoms with van der Waals surface area (Å²) >= 11 is 0. The fourth-order valence-corrected chi connectivity index (χ4v) is 40.9. The SMILES string of the molecule is CCCCCCCCCCCCCCCc1cccc(OC(CC)[Si]2(C)OC(C)(C)C[Si](C)(C)[Si]2(C)C)c1. The van der Waals surface area contributed by atoms with Crippen LogP contribution in [0.25, 0.3) is 0 Å². The molecule has 0 amide bonds. The van der Waals surface area contributed by atoms with E-state index >= 15 is 0 Å². The largest absolute Gasteiger partial charge is 0.491 e. The normalized spacial score (nSPS) is 22.8. The Labute approximate surface area is 240 Å². The summed E-state index contributed by atoms with van der Waals surface area (Å²) in [4.78, 5) is 0. The Morgan fingerprint density at radius 1 is 0.789 bits per heavy atom. The van der Waals surface area contributed by atoms with Crippen molar-refractivity contribution < 1.29 is 9.16 Å². The highest BCUT2D eigenvalue weighted by Gasteiger charge is 2.66. The number of hydrogen-bond acceptors (Lipinski definition) is 2. The van der Waals surface area contributed by atoms with E-state index in [2.05, 4.69) is 84.7 Å². The van der Waals surface area contributed by atoms with Crippen LogP contribution in [0.5, 0.6) is 5.75 Å². The van der Waals surface area contributed by atoms with Crippen LogP contribution in [-0.2, 0) is 10.8 Å². The maximum Gasteiger partial charge on any atom is 0.216 e. The van der Waals surface area contributed by atoms with Gasteiger partial charge in [-0.3, -0.25) is 0 Å². The van der Waals surface area contributed by atoms with Crippen LogP contribution in [0.1, 0.15) is 123 Å². The fraction of sp³-hybridized carbons (Fsp3) is 0.818. The minimum Gasteiger partial charge on any atom is -0.491 e. The third-order valence-electron chi connectivity index (χ3n) is 10.0. The van der Waals surface area contributed by atoms with Crippen molar-refractivity contribution >= 4 is 22.5 Å². The molecule has 1 heterocycles. The molecule has 1 fully saturated rings. The van der Waals surface area contributed by atoms with Crippen molar-refractivity contribution in [1.29, 1.82) is 0 Å². The average molecular weight is 577 g/mol. The standard InChI is InChI=1S/C33H64O2Si3/c1-10-12-13-14-15-16-17-18-19-20-21-22-23-25-30-26-24-27-31(28-30)34-32(11-2)38(9)35-33(3,4)29-36(5,6)37(38,7)8/h24,26-28,32H,10-23,25,29H2,1-9H3. The molecule has 1 aromatic rings. The fourth-order valence-electron chi connectivity index (χ4n) is 7.03. The zero-order valence-electron chi connectivity index (χ0n) is 27.0. The number of aryl methyl sites for hydroxylation is 1.